The quantitative estimate of drug-likeness (QED) is 0.883. The molecule has 1 N–H and O–H groups in total. The minimum Gasteiger partial charge on any atom is -0.490 e. The van der Waals surface area contributed by atoms with E-state index in [0.29, 0.717) is 34.3 Å². The first-order valence-corrected chi connectivity index (χ1v) is 8.28. The molecule has 1 heterocycles. The summed E-state index contributed by atoms with van der Waals surface area (Å²) >= 11 is 5.93. The van der Waals surface area contributed by atoms with Crippen LogP contribution in [0.1, 0.15) is 24.2 Å². The van der Waals surface area contributed by atoms with Crippen molar-refractivity contribution in [3.05, 3.63) is 53.1 Å². The van der Waals surface area contributed by atoms with Gasteiger partial charge in [0.15, 0.2) is 0 Å². The van der Waals surface area contributed by atoms with Crippen LogP contribution in [0.2, 0.25) is 5.02 Å². The lowest BCUT2D eigenvalue weighted by atomic mass is 9.93. The molecule has 0 aromatic heterocycles. The molecule has 3 rings (SSSR count). The second-order valence-corrected chi connectivity index (χ2v) is 7.12. The molecular formula is C19H19ClN2O3. The fourth-order valence-electron chi connectivity index (χ4n) is 2.70. The average molecular weight is 359 g/mol. The predicted octanol–water partition coefficient (Wildman–Crippen LogP) is 3.97. The van der Waals surface area contributed by atoms with Gasteiger partial charge in [-0.1, -0.05) is 17.7 Å². The van der Waals surface area contributed by atoms with Crippen molar-refractivity contribution >= 4 is 34.8 Å². The van der Waals surface area contributed by atoms with Crippen LogP contribution in [0.4, 0.5) is 11.4 Å². The van der Waals surface area contributed by atoms with E-state index >= 15 is 0 Å². The van der Waals surface area contributed by atoms with E-state index in [2.05, 4.69) is 5.32 Å². The van der Waals surface area contributed by atoms with Gasteiger partial charge in [0.2, 0.25) is 5.91 Å². The Kier molecular flexibility index (Phi) is 4.43. The van der Waals surface area contributed by atoms with Gasteiger partial charge >= 0.3 is 0 Å². The molecule has 2 amide bonds. The average Bonchev–Trinajstić information content (AvgIpc) is 2.66. The number of anilines is 2. The molecule has 0 radical (unpaired) electrons. The summed E-state index contributed by atoms with van der Waals surface area (Å²) < 4.78 is 5.77. The minimum atomic E-state index is -0.613. The first-order valence-electron chi connectivity index (χ1n) is 7.90. The number of nitrogens with one attached hydrogen (secondary N) is 1. The van der Waals surface area contributed by atoms with Gasteiger partial charge in [-0.25, -0.2) is 0 Å². The summed E-state index contributed by atoms with van der Waals surface area (Å²) in [6, 6.07) is 12.0. The Hall–Kier alpha value is -2.53. The van der Waals surface area contributed by atoms with E-state index in [1.165, 1.54) is 0 Å². The number of halogens is 1. The molecule has 0 saturated carbocycles. The van der Waals surface area contributed by atoms with Gasteiger partial charge in [-0.05, 0) is 50.2 Å². The number of carbonyl (C=O) groups excluding carboxylic acids is 2. The Morgan fingerprint density at radius 1 is 1.24 bits per heavy atom. The molecule has 25 heavy (non-hydrogen) atoms. The van der Waals surface area contributed by atoms with Crippen LogP contribution < -0.4 is 15.0 Å². The van der Waals surface area contributed by atoms with Gasteiger partial charge in [-0.15, -0.1) is 0 Å². The number of ether oxygens (including phenoxy) is 1. The summed E-state index contributed by atoms with van der Waals surface area (Å²) in [7, 11) is 1.71. The van der Waals surface area contributed by atoms with Crippen LogP contribution in [0.3, 0.4) is 0 Å². The van der Waals surface area contributed by atoms with E-state index in [9.17, 15) is 9.59 Å². The highest BCUT2D eigenvalue weighted by Gasteiger charge is 2.36. The first-order chi connectivity index (χ1) is 11.8. The number of rotatable bonds is 2. The van der Waals surface area contributed by atoms with Crippen LogP contribution in [-0.2, 0) is 4.79 Å². The molecule has 5 nitrogen and oxygen atoms in total. The maximum Gasteiger partial charge on any atom is 0.255 e. The largest absolute Gasteiger partial charge is 0.490 e. The molecule has 1 aliphatic rings. The summed E-state index contributed by atoms with van der Waals surface area (Å²) in [6.07, 6.45) is 0. The van der Waals surface area contributed by atoms with Crippen LogP contribution in [0.25, 0.3) is 0 Å². The second kappa shape index (κ2) is 6.41. The maximum absolute atomic E-state index is 12.6. The fourth-order valence-corrected chi connectivity index (χ4v) is 2.89. The smallest absolute Gasteiger partial charge is 0.255 e. The van der Waals surface area contributed by atoms with E-state index in [4.69, 9.17) is 16.3 Å². The van der Waals surface area contributed by atoms with Crippen LogP contribution in [-0.4, -0.2) is 25.5 Å². The molecule has 0 atom stereocenters. The number of fused-ring (bicyclic) bond motifs is 1. The van der Waals surface area contributed by atoms with Crippen molar-refractivity contribution in [2.24, 2.45) is 5.41 Å². The molecular weight excluding hydrogens is 340 g/mol. The topological polar surface area (TPSA) is 58.6 Å². The molecule has 0 spiro atoms. The van der Waals surface area contributed by atoms with Crippen molar-refractivity contribution in [3.8, 4) is 5.75 Å². The van der Waals surface area contributed by atoms with Crippen molar-refractivity contribution in [2.75, 3.05) is 23.9 Å². The van der Waals surface area contributed by atoms with Gasteiger partial charge in [0, 0.05) is 23.3 Å². The normalized spacial score (nSPS) is 15.8. The Labute approximate surface area is 151 Å². The zero-order valence-electron chi connectivity index (χ0n) is 14.3. The van der Waals surface area contributed by atoms with Crippen LogP contribution in [0, 0.1) is 5.41 Å². The Morgan fingerprint density at radius 3 is 2.72 bits per heavy atom. The van der Waals surface area contributed by atoms with Gasteiger partial charge in [-0.2, -0.15) is 0 Å². The number of carbonyl (C=O) groups is 2. The molecule has 0 unspecified atom stereocenters. The third-order valence-electron chi connectivity index (χ3n) is 4.14. The summed E-state index contributed by atoms with van der Waals surface area (Å²) in [5.41, 5.74) is 1.05. The minimum absolute atomic E-state index is 0.0374. The lowest BCUT2D eigenvalue weighted by Crippen LogP contribution is -2.39. The molecule has 0 bridgehead atoms. The summed E-state index contributed by atoms with van der Waals surface area (Å²) in [5.74, 6) is 0.304. The van der Waals surface area contributed by atoms with Crippen molar-refractivity contribution in [1.82, 2.24) is 0 Å². The number of hydrogen-bond acceptors (Lipinski definition) is 3. The third kappa shape index (κ3) is 3.46. The van der Waals surface area contributed by atoms with Crippen molar-refractivity contribution < 1.29 is 14.3 Å². The van der Waals surface area contributed by atoms with Gasteiger partial charge in [0.1, 0.15) is 12.4 Å². The molecule has 130 valence electrons. The maximum atomic E-state index is 12.6. The molecule has 1 aliphatic heterocycles. The van der Waals surface area contributed by atoms with E-state index in [1.807, 2.05) is 13.8 Å². The number of hydrogen-bond donors (Lipinski definition) is 1. The monoisotopic (exact) mass is 358 g/mol. The number of nitrogens with zero attached hydrogens (tertiary/aromatic N) is 1. The predicted molar refractivity (Wildman–Crippen MR) is 98.5 cm³/mol. The summed E-state index contributed by atoms with van der Waals surface area (Å²) in [6.45, 7) is 4.00. The number of amides is 2. The zero-order chi connectivity index (χ0) is 18.2. The lowest BCUT2D eigenvalue weighted by Gasteiger charge is -2.24. The van der Waals surface area contributed by atoms with Gasteiger partial charge in [-0.3, -0.25) is 9.59 Å². The molecule has 2 aromatic rings. The highest BCUT2D eigenvalue weighted by molar-refractivity contribution is 6.31. The van der Waals surface area contributed by atoms with E-state index in [0.717, 1.165) is 0 Å². The molecule has 0 fully saturated rings. The second-order valence-electron chi connectivity index (χ2n) is 6.68. The molecule has 0 aliphatic carbocycles. The van der Waals surface area contributed by atoms with Crippen LogP contribution in [0.5, 0.6) is 5.75 Å². The van der Waals surface area contributed by atoms with Crippen molar-refractivity contribution in [2.45, 2.75) is 13.8 Å². The van der Waals surface area contributed by atoms with Gasteiger partial charge < -0.3 is 15.0 Å². The van der Waals surface area contributed by atoms with Crippen LogP contribution in [0.15, 0.2) is 42.5 Å². The van der Waals surface area contributed by atoms with Crippen molar-refractivity contribution in [3.63, 3.8) is 0 Å². The van der Waals surface area contributed by atoms with Crippen LogP contribution >= 0.6 is 11.6 Å². The van der Waals surface area contributed by atoms with Gasteiger partial charge in [0.25, 0.3) is 5.91 Å². The molecule has 2 aromatic carbocycles. The highest BCUT2D eigenvalue weighted by Crippen LogP contribution is 2.37. The van der Waals surface area contributed by atoms with E-state index in [1.54, 1.807) is 54.4 Å². The van der Waals surface area contributed by atoms with E-state index in [-0.39, 0.29) is 11.8 Å². The Balaban J connectivity index is 1.88. The standard InChI is InChI=1S/C19H19ClN2O3/c1-19(2)11-25-16-8-7-14(10-15(16)22(3)18(19)24)21-17(23)12-5-4-6-13(20)9-12/h4-10H,11H2,1-3H3,(H,21,23). The third-order valence-corrected chi connectivity index (χ3v) is 4.37. The molecule has 0 saturated heterocycles. The fraction of sp³-hybridized carbons (Fsp3) is 0.263. The Bertz CT molecular complexity index is 848. The summed E-state index contributed by atoms with van der Waals surface area (Å²) in [5, 5.41) is 3.32. The van der Waals surface area contributed by atoms with Crippen molar-refractivity contribution in [1.29, 1.82) is 0 Å². The zero-order valence-corrected chi connectivity index (χ0v) is 15.1. The lowest BCUT2D eigenvalue weighted by molar-refractivity contribution is -0.127. The first kappa shape index (κ1) is 17.3. The Morgan fingerprint density at radius 2 is 2.00 bits per heavy atom. The van der Waals surface area contributed by atoms with Gasteiger partial charge in [0.05, 0.1) is 11.1 Å². The highest BCUT2D eigenvalue weighted by atomic mass is 35.5. The number of benzene rings is 2. The summed E-state index contributed by atoms with van der Waals surface area (Å²) in [4.78, 5) is 26.5. The molecule has 6 heteroatoms. The SMILES string of the molecule is CN1C(=O)C(C)(C)COc2ccc(NC(=O)c3cccc(Cl)c3)cc21. The van der Waals surface area contributed by atoms with E-state index < -0.39 is 5.41 Å².